The average Bonchev–Trinajstić information content (AvgIpc) is 3.06. The fourth-order valence-corrected chi connectivity index (χ4v) is 2.56. The first-order valence-corrected chi connectivity index (χ1v) is 7.96. The van der Waals surface area contributed by atoms with Crippen molar-refractivity contribution in [3.05, 3.63) is 65.6 Å². The van der Waals surface area contributed by atoms with Crippen molar-refractivity contribution in [2.24, 2.45) is 0 Å². The molecule has 3 aromatic rings. The fraction of sp³-hybridized carbons (Fsp3) is 0.167. The summed E-state index contributed by atoms with van der Waals surface area (Å²) in [5.74, 6) is -4.39. The van der Waals surface area contributed by atoms with Crippen molar-refractivity contribution in [3.8, 4) is 16.9 Å². The number of hydrogen-bond acceptors (Lipinski definition) is 4. The van der Waals surface area contributed by atoms with Gasteiger partial charge in [0.05, 0.1) is 18.0 Å². The molecule has 1 aromatic carbocycles. The van der Waals surface area contributed by atoms with Crippen LogP contribution in [-0.4, -0.2) is 27.3 Å². The number of esters is 1. The number of ether oxygens (including phenoxy) is 1. The molecule has 10 heteroatoms. The molecule has 28 heavy (non-hydrogen) atoms. The number of carbonyl (C=O) groups is 1. The van der Waals surface area contributed by atoms with Crippen LogP contribution in [0.15, 0.2) is 42.7 Å². The van der Waals surface area contributed by atoms with Crippen molar-refractivity contribution in [3.63, 3.8) is 0 Å². The van der Waals surface area contributed by atoms with E-state index < -0.39 is 29.3 Å². The Balaban J connectivity index is 2.19. The lowest BCUT2D eigenvalue weighted by Gasteiger charge is -2.12. The lowest BCUT2D eigenvalue weighted by Crippen LogP contribution is -2.13. The predicted octanol–water partition coefficient (Wildman–Crippen LogP) is 4.41. The van der Waals surface area contributed by atoms with Crippen molar-refractivity contribution in [2.45, 2.75) is 13.1 Å². The monoisotopic (exact) mass is 397 g/mol. The Morgan fingerprint density at radius 1 is 1.18 bits per heavy atom. The maximum absolute atomic E-state index is 14.0. The van der Waals surface area contributed by atoms with Crippen LogP contribution in [0, 0.1) is 11.6 Å². The summed E-state index contributed by atoms with van der Waals surface area (Å²) in [5, 5.41) is 3.95. The molecule has 0 aliphatic rings. The van der Waals surface area contributed by atoms with Gasteiger partial charge in [-0.2, -0.15) is 18.3 Å². The van der Waals surface area contributed by atoms with E-state index in [0.717, 1.165) is 4.68 Å². The Hall–Kier alpha value is -3.30. The summed E-state index contributed by atoms with van der Waals surface area (Å²) in [4.78, 5) is 15.9. The van der Waals surface area contributed by atoms with Crippen molar-refractivity contribution in [1.82, 2.24) is 14.8 Å². The summed E-state index contributed by atoms with van der Waals surface area (Å²) in [5.41, 5.74) is -1.91. The van der Waals surface area contributed by atoms with E-state index in [4.69, 9.17) is 4.74 Å². The van der Waals surface area contributed by atoms with E-state index in [1.54, 1.807) is 19.1 Å². The number of carbonyl (C=O) groups excluding carboxylic acids is 1. The zero-order valence-corrected chi connectivity index (χ0v) is 14.3. The molecule has 2 heterocycles. The van der Waals surface area contributed by atoms with Gasteiger partial charge in [0.15, 0.2) is 5.69 Å². The Bertz CT molecular complexity index is 993. The van der Waals surface area contributed by atoms with Crippen molar-refractivity contribution in [1.29, 1.82) is 0 Å². The van der Waals surface area contributed by atoms with Gasteiger partial charge in [-0.3, -0.25) is 4.98 Å². The highest BCUT2D eigenvalue weighted by Gasteiger charge is 2.38. The number of rotatable bonds is 4. The van der Waals surface area contributed by atoms with Gasteiger partial charge in [0.25, 0.3) is 0 Å². The first-order valence-electron chi connectivity index (χ1n) is 7.96. The summed E-state index contributed by atoms with van der Waals surface area (Å²) >= 11 is 0. The third-order valence-corrected chi connectivity index (χ3v) is 3.71. The minimum Gasteiger partial charge on any atom is -0.461 e. The zero-order chi connectivity index (χ0) is 20.5. The molecule has 0 N–H and O–H groups in total. The molecular weight excluding hydrogens is 385 g/mol. The van der Waals surface area contributed by atoms with E-state index in [-0.39, 0.29) is 23.7 Å². The van der Waals surface area contributed by atoms with Gasteiger partial charge >= 0.3 is 12.1 Å². The first kappa shape index (κ1) is 19.5. The van der Waals surface area contributed by atoms with Crippen molar-refractivity contribution in [2.75, 3.05) is 6.61 Å². The van der Waals surface area contributed by atoms with Crippen LogP contribution in [0.1, 0.15) is 23.0 Å². The molecule has 0 radical (unpaired) electrons. The molecule has 0 spiro atoms. The van der Waals surface area contributed by atoms with Gasteiger partial charge in [0, 0.05) is 30.1 Å². The molecule has 0 saturated heterocycles. The minimum absolute atomic E-state index is 0.0669. The summed E-state index contributed by atoms with van der Waals surface area (Å²) in [6.45, 7) is 1.65. The molecule has 0 aliphatic carbocycles. The highest BCUT2D eigenvalue weighted by atomic mass is 19.4. The van der Waals surface area contributed by atoms with E-state index in [1.165, 1.54) is 18.5 Å². The highest BCUT2D eigenvalue weighted by Crippen LogP contribution is 2.35. The van der Waals surface area contributed by atoms with E-state index >= 15 is 0 Å². The second kappa shape index (κ2) is 7.37. The van der Waals surface area contributed by atoms with E-state index in [9.17, 15) is 26.7 Å². The highest BCUT2D eigenvalue weighted by molar-refractivity contribution is 5.89. The molecule has 146 valence electrons. The predicted molar refractivity (Wildman–Crippen MR) is 87.7 cm³/mol. The molecule has 0 aliphatic heterocycles. The van der Waals surface area contributed by atoms with Gasteiger partial charge in [-0.1, -0.05) is 0 Å². The van der Waals surface area contributed by atoms with Gasteiger partial charge in [0.2, 0.25) is 0 Å². The van der Waals surface area contributed by atoms with E-state index in [0.29, 0.717) is 17.7 Å². The number of hydrogen-bond donors (Lipinski definition) is 0. The van der Waals surface area contributed by atoms with Crippen LogP contribution in [0.4, 0.5) is 22.0 Å². The Morgan fingerprint density at radius 2 is 1.86 bits per heavy atom. The van der Waals surface area contributed by atoms with Crippen LogP contribution in [0.2, 0.25) is 0 Å². The normalized spacial score (nSPS) is 11.5. The maximum atomic E-state index is 14.0. The van der Waals surface area contributed by atoms with Crippen LogP contribution in [0.25, 0.3) is 16.9 Å². The fourth-order valence-electron chi connectivity index (χ4n) is 2.56. The minimum atomic E-state index is -5.20. The van der Waals surface area contributed by atoms with E-state index in [1.807, 2.05) is 0 Å². The third kappa shape index (κ3) is 3.71. The number of halogens is 5. The maximum Gasteiger partial charge on any atom is 0.422 e. The molecule has 2 aromatic heterocycles. The average molecular weight is 397 g/mol. The summed E-state index contributed by atoms with van der Waals surface area (Å²) in [7, 11) is 0. The third-order valence-electron chi connectivity index (χ3n) is 3.71. The van der Waals surface area contributed by atoms with Crippen LogP contribution in [0.3, 0.4) is 0 Å². The van der Waals surface area contributed by atoms with Gasteiger partial charge in [-0.25, -0.2) is 18.3 Å². The van der Waals surface area contributed by atoms with Crippen LogP contribution in [0.5, 0.6) is 0 Å². The first-order chi connectivity index (χ1) is 13.2. The molecule has 0 amide bonds. The quantitative estimate of drug-likeness (QED) is 0.484. The van der Waals surface area contributed by atoms with Gasteiger partial charge in [-0.15, -0.1) is 0 Å². The van der Waals surface area contributed by atoms with Gasteiger partial charge in [-0.05, 0) is 25.1 Å². The van der Waals surface area contributed by atoms with E-state index in [2.05, 4.69) is 10.1 Å². The largest absolute Gasteiger partial charge is 0.461 e. The second-order valence-corrected chi connectivity index (χ2v) is 5.57. The van der Waals surface area contributed by atoms with Crippen molar-refractivity contribution >= 4 is 5.97 Å². The Kier molecular flexibility index (Phi) is 5.12. The van der Waals surface area contributed by atoms with Gasteiger partial charge in [0.1, 0.15) is 17.2 Å². The number of alkyl halides is 3. The number of benzene rings is 1. The number of aromatic nitrogens is 3. The zero-order valence-electron chi connectivity index (χ0n) is 14.3. The molecule has 3 rings (SSSR count). The topological polar surface area (TPSA) is 57.0 Å². The Morgan fingerprint density at radius 3 is 2.39 bits per heavy atom. The molecular formula is C18H12F5N3O2. The lowest BCUT2D eigenvalue weighted by molar-refractivity contribution is -0.142. The second-order valence-electron chi connectivity index (χ2n) is 5.57. The van der Waals surface area contributed by atoms with Crippen LogP contribution < -0.4 is 0 Å². The van der Waals surface area contributed by atoms with Gasteiger partial charge < -0.3 is 4.74 Å². The van der Waals surface area contributed by atoms with Crippen LogP contribution in [-0.2, 0) is 10.9 Å². The molecule has 0 fully saturated rings. The molecule has 0 unspecified atom stereocenters. The Labute approximate surface area is 155 Å². The molecule has 0 atom stereocenters. The standard InChI is InChI=1S/C18H12F5N3O2/c1-2-28-17(27)14-8-15(10-4-3-5-24-9-10)26(25-14)11-6-12(19)16(13(20)7-11)18(21,22)23/h3-9H,2H2,1H3. The molecule has 5 nitrogen and oxygen atoms in total. The SMILES string of the molecule is CCOC(=O)c1cc(-c2cccnc2)n(-c2cc(F)c(C(F)(F)F)c(F)c2)n1. The molecule has 0 bridgehead atoms. The lowest BCUT2D eigenvalue weighted by atomic mass is 10.1. The van der Waals surface area contributed by atoms with Crippen molar-refractivity contribution < 1.29 is 31.5 Å². The van der Waals surface area contributed by atoms with Crippen LogP contribution >= 0.6 is 0 Å². The summed E-state index contributed by atoms with van der Waals surface area (Å²) in [6.07, 6.45) is -2.31. The summed E-state index contributed by atoms with van der Waals surface area (Å²) < 4.78 is 72.3. The number of pyridine rings is 1. The smallest absolute Gasteiger partial charge is 0.422 e. The summed E-state index contributed by atoms with van der Waals surface area (Å²) in [6, 6.07) is 5.45. The molecule has 0 saturated carbocycles. The number of nitrogens with zero attached hydrogens (tertiary/aromatic N) is 3.